The average Bonchev–Trinajstić information content (AvgIpc) is 3.18. The van der Waals surface area contributed by atoms with Gasteiger partial charge in [0.1, 0.15) is 23.7 Å². The summed E-state index contributed by atoms with van der Waals surface area (Å²) in [6.07, 6.45) is -4.78. The van der Waals surface area contributed by atoms with Gasteiger partial charge in [-0.3, -0.25) is 4.79 Å². The monoisotopic (exact) mass is 588 g/mol. The van der Waals surface area contributed by atoms with E-state index in [1.165, 1.54) is 18.2 Å². The fraction of sp³-hybridized carbons (Fsp3) is 0.208. The van der Waals surface area contributed by atoms with Crippen molar-refractivity contribution in [3.05, 3.63) is 81.4 Å². The minimum absolute atomic E-state index is 0.0103. The minimum atomic E-state index is -4.54. The van der Waals surface area contributed by atoms with Crippen LogP contribution in [0.3, 0.4) is 0 Å². The Bertz CT molecular complexity index is 1350. The van der Waals surface area contributed by atoms with Crippen molar-refractivity contribution in [3.63, 3.8) is 0 Å². The Balaban J connectivity index is 1.98. The second-order valence-corrected chi connectivity index (χ2v) is 8.53. The number of nitrogens with two attached hydrogens (primary N) is 1. The first-order valence-corrected chi connectivity index (χ1v) is 11.2. The topological polar surface area (TPSA) is 105 Å². The molecule has 3 rings (SSSR count). The van der Waals surface area contributed by atoms with Crippen molar-refractivity contribution in [3.8, 4) is 17.0 Å². The highest BCUT2D eigenvalue weighted by Gasteiger charge is 2.31. The Morgan fingerprint density at radius 1 is 1.14 bits per heavy atom. The molecule has 0 radical (unpaired) electrons. The summed E-state index contributed by atoms with van der Waals surface area (Å²) in [6.45, 7) is 2.73. The number of hydrogen-bond donors (Lipinski definition) is 1. The van der Waals surface area contributed by atoms with Crippen LogP contribution in [-0.2, 0) is 15.7 Å². The molecule has 3 aromatic rings. The Kier molecular flexibility index (Phi) is 8.36. The number of rotatable bonds is 8. The second-order valence-electron chi connectivity index (χ2n) is 7.81. The first kappa shape index (κ1) is 27.8. The summed E-state index contributed by atoms with van der Waals surface area (Å²) in [7, 11) is 0. The molecule has 0 aliphatic heterocycles. The molecule has 1 unspecified atom stereocenters. The van der Waals surface area contributed by atoms with Gasteiger partial charge in [0.05, 0.1) is 5.56 Å². The molecule has 1 atom stereocenters. The third-order valence-electron chi connectivity index (χ3n) is 4.72. The Labute approximate surface area is 215 Å². The van der Waals surface area contributed by atoms with E-state index in [0.29, 0.717) is 5.57 Å². The zero-order valence-electron chi connectivity index (χ0n) is 19.2. The zero-order valence-corrected chi connectivity index (χ0v) is 20.7. The van der Waals surface area contributed by atoms with Crippen LogP contribution in [0, 0.1) is 11.6 Å². The lowest BCUT2D eigenvalue weighted by molar-refractivity contribution is -0.140. The summed E-state index contributed by atoms with van der Waals surface area (Å²) in [4.78, 5) is 27.7. The Morgan fingerprint density at radius 2 is 1.78 bits per heavy atom. The molecule has 0 saturated heterocycles. The number of esters is 1. The van der Waals surface area contributed by atoms with Crippen LogP contribution >= 0.6 is 15.9 Å². The molecule has 2 aromatic carbocycles. The molecule has 1 aromatic heterocycles. The highest BCUT2D eigenvalue weighted by molar-refractivity contribution is 9.10. The van der Waals surface area contributed by atoms with Crippen LogP contribution in [0.2, 0.25) is 0 Å². The average molecular weight is 589 g/mol. The number of hydrogen-bond acceptors (Lipinski definition) is 6. The van der Waals surface area contributed by atoms with Gasteiger partial charge in [0.25, 0.3) is 5.91 Å². The summed E-state index contributed by atoms with van der Waals surface area (Å²) in [5.41, 5.74) is 4.06. The van der Waals surface area contributed by atoms with E-state index in [1.807, 2.05) is 0 Å². The third kappa shape index (κ3) is 6.73. The lowest BCUT2D eigenvalue weighted by atomic mass is 10.1. The Hall–Kier alpha value is -3.74. The van der Waals surface area contributed by atoms with E-state index in [-0.39, 0.29) is 21.8 Å². The van der Waals surface area contributed by atoms with Crippen LogP contribution in [0.4, 0.5) is 22.0 Å². The van der Waals surface area contributed by atoms with E-state index in [9.17, 15) is 31.5 Å². The molecule has 37 heavy (non-hydrogen) atoms. The number of ether oxygens (including phenoxy) is 2. The number of carbonyl (C=O) groups excluding carboxylic acids is 2. The van der Waals surface area contributed by atoms with E-state index >= 15 is 0 Å². The first-order valence-electron chi connectivity index (χ1n) is 10.4. The summed E-state index contributed by atoms with van der Waals surface area (Å²) in [5.74, 6) is -5.65. The maximum Gasteiger partial charge on any atom is 0.416 e. The summed E-state index contributed by atoms with van der Waals surface area (Å²) in [5, 5.41) is 0. The van der Waals surface area contributed by atoms with E-state index in [2.05, 4.69) is 20.9 Å². The molecule has 7 nitrogen and oxygen atoms in total. The normalized spacial score (nSPS) is 12.1. The SMILES string of the molecule is CC(C)=CC(=O)OCC(Oc1ccc(F)c(C(N)=O)c1F)c1nc(-c2ccc(C(F)(F)F)cc2)c(Br)o1. The highest BCUT2D eigenvalue weighted by Crippen LogP contribution is 2.36. The van der Waals surface area contributed by atoms with Crippen molar-refractivity contribution >= 4 is 27.8 Å². The van der Waals surface area contributed by atoms with Crippen LogP contribution in [0.5, 0.6) is 5.75 Å². The van der Waals surface area contributed by atoms with Gasteiger partial charge in [-0.1, -0.05) is 17.7 Å². The Morgan fingerprint density at radius 3 is 2.35 bits per heavy atom. The van der Waals surface area contributed by atoms with Gasteiger partial charge in [-0.05, 0) is 54.0 Å². The predicted octanol–water partition coefficient (Wildman–Crippen LogP) is 6.13. The van der Waals surface area contributed by atoms with Crippen molar-refractivity contribution in [1.29, 1.82) is 0 Å². The number of carbonyl (C=O) groups is 2. The van der Waals surface area contributed by atoms with E-state index in [1.54, 1.807) is 13.8 Å². The molecule has 0 aliphatic carbocycles. The van der Waals surface area contributed by atoms with Gasteiger partial charge in [0, 0.05) is 11.6 Å². The summed E-state index contributed by atoms with van der Waals surface area (Å²) in [6, 6.07) is 5.67. The number of aromatic nitrogens is 1. The molecule has 1 heterocycles. The lowest BCUT2D eigenvalue weighted by Gasteiger charge is -2.17. The first-order chi connectivity index (χ1) is 17.3. The molecule has 0 fully saturated rings. The fourth-order valence-electron chi connectivity index (χ4n) is 3.04. The molecule has 13 heteroatoms. The molecule has 0 bridgehead atoms. The van der Waals surface area contributed by atoms with Gasteiger partial charge in [0.2, 0.25) is 12.0 Å². The van der Waals surface area contributed by atoms with Crippen molar-refractivity contribution in [2.24, 2.45) is 5.73 Å². The van der Waals surface area contributed by atoms with Gasteiger partial charge in [-0.25, -0.2) is 18.6 Å². The number of benzene rings is 2. The maximum absolute atomic E-state index is 14.8. The number of allylic oxidation sites excluding steroid dienone is 1. The van der Waals surface area contributed by atoms with Gasteiger partial charge in [0.15, 0.2) is 16.2 Å². The molecule has 0 spiro atoms. The van der Waals surface area contributed by atoms with Crippen LogP contribution in [-0.4, -0.2) is 23.5 Å². The van der Waals surface area contributed by atoms with E-state index in [0.717, 1.165) is 24.3 Å². The summed E-state index contributed by atoms with van der Waals surface area (Å²) >= 11 is 3.12. The molecule has 2 N–H and O–H groups in total. The second kappa shape index (κ2) is 11.1. The molecule has 0 aliphatic rings. The standard InChI is InChI=1S/C24H18BrF5N2O5/c1-11(2)9-17(33)35-10-16(36-15-8-7-14(26)18(19(15)27)22(31)34)23-32-20(21(25)37-23)12-3-5-13(6-4-12)24(28,29)30/h3-9,16H,10H2,1-2H3,(H2,31,34). The van der Waals surface area contributed by atoms with Crippen LogP contribution in [0.25, 0.3) is 11.3 Å². The number of amides is 1. The minimum Gasteiger partial charge on any atom is -0.474 e. The van der Waals surface area contributed by atoms with Gasteiger partial charge >= 0.3 is 12.1 Å². The zero-order chi connectivity index (χ0) is 27.5. The van der Waals surface area contributed by atoms with E-state index in [4.69, 9.17) is 19.6 Å². The summed E-state index contributed by atoms with van der Waals surface area (Å²) < 4.78 is 83.5. The van der Waals surface area contributed by atoms with Gasteiger partial charge < -0.3 is 19.6 Å². The number of nitrogens with zero attached hydrogens (tertiary/aromatic N) is 1. The molecule has 0 saturated carbocycles. The number of alkyl halides is 3. The molecule has 196 valence electrons. The highest BCUT2D eigenvalue weighted by atomic mass is 79.9. The van der Waals surface area contributed by atoms with Gasteiger partial charge in [-0.15, -0.1) is 0 Å². The van der Waals surface area contributed by atoms with Crippen LogP contribution in [0.15, 0.2) is 57.1 Å². The lowest BCUT2D eigenvalue weighted by Crippen LogP contribution is -2.20. The smallest absolute Gasteiger partial charge is 0.416 e. The predicted molar refractivity (Wildman–Crippen MR) is 123 cm³/mol. The fourth-order valence-corrected chi connectivity index (χ4v) is 3.53. The van der Waals surface area contributed by atoms with Crippen LogP contribution in [0.1, 0.15) is 41.8 Å². The maximum atomic E-state index is 14.8. The quantitative estimate of drug-likeness (QED) is 0.193. The molecular formula is C24H18BrF5N2O5. The largest absolute Gasteiger partial charge is 0.474 e. The van der Waals surface area contributed by atoms with E-state index < -0.39 is 59.3 Å². The van der Waals surface area contributed by atoms with Crippen LogP contribution < -0.4 is 10.5 Å². The number of oxazole rings is 1. The number of halogens is 6. The van der Waals surface area contributed by atoms with Crippen molar-refractivity contribution in [1.82, 2.24) is 4.98 Å². The van der Waals surface area contributed by atoms with Crippen molar-refractivity contribution < 1.29 is 45.4 Å². The van der Waals surface area contributed by atoms with Gasteiger partial charge in [-0.2, -0.15) is 13.2 Å². The molecular weight excluding hydrogens is 571 g/mol. The third-order valence-corrected chi connectivity index (χ3v) is 5.26. The molecule has 1 amide bonds. The van der Waals surface area contributed by atoms with Crippen molar-refractivity contribution in [2.45, 2.75) is 26.1 Å². The number of primary amides is 1. The van der Waals surface area contributed by atoms with Crippen molar-refractivity contribution in [2.75, 3.05) is 6.61 Å².